The fraction of sp³-hybridized carbons (Fsp3) is 0.526. The summed E-state index contributed by atoms with van der Waals surface area (Å²) in [4.78, 5) is 23.4. The summed E-state index contributed by atoms with van der Waals surface area (Å²) in [5, 5.41) is 3.32. The molecule has 0 bridgehead atoms. The molecular weight excluding hydrogens is 336 g/mol. The third-order valence-electron chi connectivity index (χ3n) is 5.64. The molecular formula is C19H23ClN4O. The van der Waals surface area contributed by atoms with Crippen LogP contribution in [0.25, 0.3) is 0 Å². The number of likely N-dealkylation sites (tertiary alicyclic amines) is 1. The predicted molar refractivity (Wildman–Crippen MR) is 100 cm³/mol. The summed E-state index contributed by atoms with van der Waals surface area (Å²) in [5.74, 6) is 0.640. The molecule has 6 heteroatoms. The Bertz CT molecular complexity index is 739. The Kier molecular flexibility index (Phi) is 4.50. The van der Waals surface area contributed by atoms with Crippen molar-refractivity contribution in [2.24, 2.45) is 10.9 Å². The molecule has 25 heavy (non-hydrogen) atoms. The van der Waals surface area contributed by atoms with Gasteiger partial charge < -0.3 is 10.2 Å². The first-order chi connectivity index (χ1) is 12.1. The highest BCUT2D eigenvalue weighted by Crippen LogP contribution is 2.38. The fourth-order valence-corrected chi connectivity index (χ4v) is 4.45. The standard InChI is InChI=1S/C19H23ClN4O/c1-12-8-17-16(15(10-22-17)13-4-2-3-5-13)11-24(12)19(25)23-14-6-7-21-18(20)9-14/h6-7,9-10,12-13,17H,2-5,8,11H2,1H3,(H,21,23,25). The third kappa shape index (κ3) is 3.30. The van der Waals surface area contributed by atoms with Crippen molar-refractivity contribution in [2.75, 3.05) is 11.9 Å². The van der Waals surface area contributed by atoms with Gasteiger partial charge in [0.1, 0.15) is 5.15 Å². The zero-order valence-electron chi connectivity index (χ0n) is 14.4. The molecule has 2 amide bonds. The van der Waals surface area contributed by atoms with E-state index in [-0.39, 0.29) is 18.1 Å². The zero-order valence-corrected chi connectivity index (χ0v) is 15.2. The molecule has 1 aromatic heterocycles. The van der Waals surface area contributed by atoms with Crippen LogP contribution < -0.4 is 5.32 Å². The van der Waals surface area contributed by atoms with Gasteiger partial charge in [-0.1, -0.05) is 24.4 Å². The van der Waals surface area contributed by atoms with Crippen LogP contribution in [0.15, 0.2) is 34.5 Å². The van der Waals surface area contributed by atoms with Crippen LogP contribution in [-0.2, 0) is 0 Å². The Hall–Kier alpha value is -1.88. The number of aliphatic imine (C=N–C) groups is 1. The highest BCUT2D eigenvalue weighted by Gasteiger charge is 2.37. The number of hydrogen-bond acceptors (Lipinski definition) is 3. The van der Waals surface area contributed by atoms with Gasteiger partial charge in [-0.3, -0.25) is 4.99 Å². The summed E-state index contributed by atoms with van der Waals surface area (Å²) in [7, 11) is 0. The average Bonchev–Trinajstić information content (AvgIpc) is 3.22. The Morgan fingerprint density at radius 1 is 1.36 bits per heavy atom. The summed E-state index contributed by atoms with van der Waals surface area (Å²) < 4.78 is 0. The van der Waals surface area contributed by atoms with E-state index in [1.807, 2.05) is 4.90 Å². The van der Waals surface area contributed by atoms with E-state index >= 15 is 0 Å². The molecule has 2 unspecified atom stereocenters. The molecule has 5 nitrogen and oxygen atoms in total. The largest absolute Gasteiger partial charge is 0.322 e. The van der Waals surface area contributed by atoms with Crippen molar-refractivity contribution in [1.82, 2.24) is 9.88 Å². The van der Waals surface area contributed by atoms with E-state index in [2.05, 4.69) is 23.4 Å². The molecule has 0 radical (unpaired) electrons. The number of nitrogens with zero attached hydrogens (tertiary/aromatic N) is 3. The maximum absolute atomic E-state index is 12.8. The van der Waals surface area contributed by atoms with E-state index in [0.717, 1.165) is 6.42 Å². The minimum absolute atomic E-state index is 0.0848. The van der Waals surface area contributed by atoms with Gasteiger partial charge in [0.25, 0.3) is 0 Å². The molecule has 3 heterocycles. The highest BCUT2D eigenvalue weighted by molar-refractivity contribution is 6.29. The van der Waals surface area contributed by atoms with E-state index in [4.69, 9.17) is 16.6 Å². The van der Waals surface area contributed by atoms with Crippen LogP contribution in [0.4, 0.5) is 10.5 Å². The number of aromatic nitrogens is 1. The van der Waals surface area contributed by atoms with E-state index in [0.29, 0.717) is 23.3 Å². The number of rotatable bonds is 2. The minimum atomic E-state index is -0.0848. The van der Waals surface area contributed by atoms with Crippen molar-refractivity contribution in [3.8, 4) is 0 Å². The van der Waals surface area contributed by atoms with Gasteiger partial charge >= 0.3 is 6.03 Å². The number of fused-ring (bicyclic) bond motifs is 1. The lowest BCUT2D eigenvalue weighted by Gasteiger charge is -2.37. The monoisotopic (exact) mass is 358 g/mol. The maximum Gasteiger partial charge on any atom is 0.322 e. The summed E-state index contributed by atoms with van der Waals surface area (Å²) in [6, 6.07) is 3.76. The molecule has 3 aliphatic rings. The molecule has 0 spiro atoms. The zero-order chi connectivity index (χ0) is 17.4. The first kappa shape index (κ1) is 16.6. The van der Waals surface area contributed by atoms with Crippen molar-refractivity contribution in [3.63, 3.8) is 0 Å². The molecule has 2 atom stereocenters. The highest BCUT2D eigenvalue weighted by atomic mass is 35.5. The number of urea groups is 1. The van der Waals surface area contributed by atoms with Gasteiger partial charge in [0.15, 0.2) is 0 Å². The molecule has 1 saturated heterocycles. The third-order valence-corrected chi connectivity index (χ3v) is 5.84. The molecule has 2 aliphatic heterocycles. The number of nitrogens with one attached hydrogen (secondary N) is 1. The van der Waals surface area contributed by atoms with Crippen molar-refractivity contribution in [3.05, 3.63) is 34.6 Å². The van der Waals surface area contributed by atoms with Crippen molar-refractivity contribution < 1.29 is 4.79 Å². The average molecular weight is 359 g/mol. The van der Waals surface area contributed by atoms with E-state index in [1.165, 1.54) is 36.8 Å². The molecule has 0 aromatic carbocycles. The first-order valence-corrected chi connectivity index (χ1v) is 9.45. The second-order valence-corrected chi connectivity index (χ2v) is 7.65. The van der Waals surface area contributed by atoms with Crippen LogP contribution >= 0.6 is 11.6 Å². The number of carbonyl (C=O) groups excluding carboxylic acids is 1. The number of anilines is 1. The number of piperidine rings is 1. The first-order valence-electron chi connectivity index (χ1n) is 9.07. The van der Waals surface area contributed by atoms with Crippen LogP contribution in [-0.4, -0.2) is 40.8 Å². The lowest BCUT2D eigenvalue weighted by Crippen LogP contribution is -2.48. The van der Waals surface area contributed by atoms with Crippen molar-refractivity contribution in [1.29, 1.82) is 0 Å². The molecule has 1 aromatic rings. The number of hydrogen-bond donors (Lipinski definition) is 1. The molecule has 1 aliphatic carbocycles. The molecule has 1 N–H and O–H groups in total. The second-order valence-electron chi connectivity index (χ2n) is 7.27. The topological polar surface area (TPSA) is 57.6 Å². The second kappa shape index (κ2) is 6.79. The van der Waals surface area contributed by atoms with Crippen LogP contribution in [0, 0.1) is 5.92 Å². The summed E-state index contributed by atoms with van der Waals surface area (Å²) in [6.45, 7) is 2.77. The quantitative estimate of drug-likeness (QED) is 0.801. The Labute approximate surface area is 153 Å². The number of halogens is 1. The molecule has 4 rings (SSSR count). The number of allylic oxidation sites excluding steroid dienone is 1. The van der Waals surface area contributed by atoms with Crippen LogP contribution in [0.5, 0.6) is 0 Å². The van der Waals surface area contributed by atoms with Crippen LogP contribution in [0.1, 0.15) is 39.0 Å². The van der Waals surface area contributed by atoms with E-state index in [9.17, 15) is 4.79 Å². The Balaban J connectivity index is 1.52. The molecule has 1 saturated carbocycles. The van der Waals surface area contributed by atoms with Gasteiger partial charge in [0.2, 0.25) is 0 Å². The normalized spacial score (nSPS) is 26.2. The lowest BCUT2D eigenvalue weighted by molar-refractivity contribution is 0.182. The van der Waals surface area contributed by atoms with E-state index in [1.54, 1.807) is 18.3 Å². The summed E-state index contributed by atoms with van der Waals surface area (Å²) in [5.41, 5.74) is 3.43. The van der Waals surface area contributed by atoms with Gasteiger partial charge in [-0.15, -0.1) is 0 Å². The van der Waals surface area contributed by atoms with Gasteiger partial charge in [-0.25, -0.2) is 9.78 Å². The lowest BCUT2D eigenvalue weighted by atomic mass is 9.87. The number of amides is 2. The summed E-state index contributed by atoms with van der Waals surface area (Å²) in [6.07, 6.45) is 9.72. The van der Waals surface area contributed by atoms with E-state index < -0.39 is 0 Å². The van der Waals surface area contributed by atoms with Gasteiger partial charge in [-0.05, 0) is 55.4 Å². The van der Waals surface area contributed by atoms with Gasteiger partial charge in [-0.2, -0.15) is 0 Å². The van der Waals surface area contributed by atoms with Gasteiger partial charge in [0, 0.05) is 30.7 Å². The minimum Gasteiger partial charge on any atom is -0.318 e. The van der Waals surface area contributed by atoms with Crippen LogP contribution in [0.3, 0.4) is 0 Å². The van der Waals surface area contributed by atoms with Crippen molar-refractivity contribution in [2.45, 2.75) is 51.1 Å². The Morgan fingerprint density at radius 2 is 2.16 bits per heavy atom. The fourth-order valence-electron chi connectivity index (χ4n) is 4.28. The number of pyridine rings is 1. The Morgan fingerprint density at radius 3 is 2.92 bits per heavy atom. The smallest absolute Gasteiger partial charge is 0.318 e. The van der Waals surface area contributed by atoms with Gasteiger partial charge in [0.05, 0.1) is 6.04 Å². The SMILES string of the molecule is CC1CC2N=CC(C3CCCC3)=C2CN1C(=O)Nc1ccnc(Cl)c1. The summed E-state index contributed by atoms with van der Waals surface area (Å²) >= 11 is 5.91. The molecule has 132 valence electrons. The van der Waals surface area contributed by atoms with Crippen LogP contribution in [0.2, 0.25) is 5.15 Å². The number of carbonyl (C=O) groups is 1. The molecule has 2 fully saturated rings. The maximum atomic E-state index is 12.8. The predicted octanol–water partition coefficient (Wildman–Crippen LogP) is 4.30. The van der Waals surface area contributed by atoms with Crippen molar-refractivity contribution >= 4 is 29.5 Å².